The van der Waals surface area contributed by atoms with Gasteiger partial charge in [0.15, 0.2) is 11.6 Å². The zero-order valence-corrected chi connectivity index (χ0v) is 11.5. The zero-order valence-electron chi connectivity index (χ0n) is 10.7. The molecule has 0 aliphatic rings. The molecule has 0 aliphatic carbocycles. The van der Waals surface area contributed by atoms with Gasteiger partial charge in [-0.3, -0.25) is 0 Å². The molecule has 0 spiro atoms. The van der Waals surface area contributed by atoms with Crippen LogP contribution >= 0.6 is 11.6 Å². The molecule has 0 saturated carbocycles. The highest BCUT2D eigenvalue weighted by atomic mass is 35.5. The van der Waals surface area contributed by atoms with Crippen LogP contribution < -0.4 is 4.74 Å². The van der Waals surface area contributed by atoms with Gasteiger partial charge in [-0.2, -0.15) is 13.2 Å². The summed E-state index contributed by atoms with van der Waals surface area (Å²) in [4.78, 5) is 6.84. The third-order valence-corrected chi connectivity index (χ3v) is 3.22. The molecule has 22 heavy (non-hydrogen) atoms. The van der Waals surface area contributed by atoms with E-state index in [1.54, 1.807) is 6.07 Å². The fraction of sp³-hybridized carbons (Fsp3) is 0.0714. The number of halogens is 5. The molecule has 3 nitrogen and oxygen atoms in total. The Labute approximate surface area is 126 Å². The summed E-state index contributed by atoms with van der Waals surface area (Å²) in [5.41, 5.74) is 0.138. The van der Waals surface area contributed by atoms with Gasteiger partial charge in [0.05, 0.1) is 27.9 Å². The summed E-state index contributed by atoms with van der Waals surface area (Å²) in [7, 11) is 0. The minimum atomic E-state index is -4.68. The fourth-order valence-corrected chi connectivity index (χ4v) is 2.16. The third kappa shape index (κ3) is 2.71. The first-order valence-corrected chi connectivity index (χ1v) is 6.39. The monoisotopic (exact) mass is 330 g/mol. The van der Waals surface area contributed by atoms with Gasteiger partial charge in [0.2, 0.25) is 0 Å². The second kappa shape index (κ2) is 5.17. The van der Waals surface area contributed by atoms with Crippen LogP contribution in [0.3, 0.4) is 0 Å². The first-order chi connectivity index (χ1) is 10.3. The van der Waals surface area contributed by atoms with Crippen LogP contribution in [-0.2, 0) is 6.18 Å². The van der Waals surface area contributed by atoms with E-state index >= 15 is 0 Å². The van der Waals surface area contributed by atoms with Crippen molar-refractivity contribution < 1.29 is 22.3 Å². The van der Waals surface area contributed by atoms with Gasteiger partial charge in [0, 0.05) is 6.07 Å². The lowest BCUT2D eigenvalue weighted by Gasteiger charge is -2.12. The smallest absolute Gasteiger partial charge is 0.416 e. The number of nitrogens with zero attached hydrogens (tertiary/aromatic N) is 1. The van der Waals surface area contributed by atoms with Crippen LogP contribution in [0.5, 0.6) is 11.5 Å². The van der Waals surface area contributed by atoms with Crippen LogP contribution in [0.1, 0.15) is 5.56 Å². The maximum Gasteiger partial charge on any atom is 0.416 e. The van der Waals surface area contributed by atoms with Crippen LogP contribution in [0, 0.1) is 5.82 Å². The second-order valence-corrected chi connectivity index (χ2v) is 4.86. The summed E-state index contributed by atoms with van der Waals surface area (Å²) in [6, 6.07) is 5.63. The molecule has 114 valence electrons. The van der Waals surface area contributed by atoms with E-state index in [1.165, 1.54) is 18.5 Å². The Morgan fingerprint density at radius 1 is 1.14 bits per heavy atom. The molecular weight excluding hydrogens is 324 g/mol. The van der Waals surface area contributed by atoms with Crippen LogP contribution in [0.4, 0.5) is 17.6 Å². The Hall–Kier alpha value is -2.28. The minimum absolute atomic E-state index is 0.220. The number of aromatic amines is 1. The van der Waals surface area contributed by atoms with E-state index < -0.39 is 28.3 Å². The molecule has 0 amide bonds. The Morgan fingerprint density at radius 3 is 2.59 bits per heavy atom. The van der Waals surface area contributed by atoms with E-state index in [1.807, 2.05) is 0 Å². The highest BCUT2D eigenvalue weighted by Gasteiger charge is 2.32. The van der Waals surface area contributed by atoms with Crippen molar-refractivity contribution in [3.8, 4) is 11.5 Å². The van der Waals surface area contributed by atoms with E-state index in [2.05, 4.69) is 9.97 Å². The summed E-state index contributed by atoms with van der Waals surface area (Å²) in [6.45, 7) is 0. The van der Waals surface area contributed by atoms with Gasteiger partial charge in [0.1, 0.15) is 5.75 Å². The van der Waals surface area contributed by atoms with Crippen molar-refractivity contribution in [2.24, 2.45) is 0 Å². The summed E-state index contributed by atoms with van der Waals surface area (Å²) in [5.74, 6) is -1.43. The van der Waals surface area contributed by atoms with Crippen molar-refractivity contribution in [3.63, 3.8) is 0 Å². The van der Waals surface area contributed by atoms with E-state index in [4.69, 9.17) is 16.3 Å². The molecule has 1 aromatic heterocycles. The maximum atomic E-state index is 13.9. The number of fused-ring (bicyclic) bond motifs is 1. The Bertz CT molecular complexity index is 821. The van der Waals surface area contributed by atoms with Crippen molar-refractivity contribution in [3.05, 3.63) is 53.1 Å². The van der Waals surface area contributed by atoms with Crippen molar-refractivity contribution in [2.45, 2.75) is 6.18 Å². The number of aromatic nitrogens is 2. The molecule has 2 aromatic carbocycles. The van der Waals surface area contributed by atoms with E-state index in [-0.39, 0.29) is 5.75 Å². The van der Waals surface area contributed by atoms with Crippen molar-refractivity contribution in [1.29, 1.82) is 0 Å². The van der Waals surface area contributed by atoms with Crippen LogP contribution in [0.25, 0.3) is 11.0 Å². The Kier molecular flexibility index (Phi) is 3.44. The lowest BCUT2D eigenvalue weighted by molar-refractivity contribution is -0.137. The van der Waals surface area contributed by atoms with Crippen LogP contribution in [0.15, 0.2) is 36.7 Å². The molecule has 1 heterocycles. The molecule has 0 fully saturated rings. The van der Waals surface area contributed by atoms with E-state index in [0.717, 1.165) is 0 Å². The zero-order chi connectivity index (χ0) is 15.9. The molecule has 0 radical (unpaired) electrons. The first-order valence-electron chi connectivity index (χ1n) is 6.02. The predicted octanol–water partition coefficient (Wildman–Crippen LogP) is 5.17. The van der Waals surface area contributed by atoms with Crippen molar-refractivity contribution in [2.75, 3.05) is 0 Å². The molecule has 8 heteroatoms. The summed E-state index contributed by atoms with van der Waals surface area (Å²) >= 11 is 5.70. The molecule has 3 aromatic rings. The van der Waals surface area contributed by atoms with Gasteiger partial charge in [-0.05, 0) is 24.3 Å². The van der Waals surface area contributed by atoms with Gasteiger partial charge in [-0.25, -0.2) is 9.37 Å². The highest BCUT2D eigenvalue weighted by Crippen LogP contribution is 2.38. The largest absolute Gasteiger partial charge is 0.453 e. The van der Waals surface area contributed by atoms with Gasteiger partial charge < -0.3 is 9.72 Å². The lowest BCUT2D eigenvalue weighted by Crippen LogP contribution is -2.06. The van der Waals surface area contributed by atoms with Gasteiger partial charge in [-0.1, -0.05) is 11.6 Å². The summed E-state index contributed by atoms with van der Waals surface area (Å²) in [6.07, 6.45) is -3.21. The number of hydrogen-bond acceptors (Lipinski definition) is 2. The highest BCUT2D eigenvalue weighted by molar-refractivity contribution is 6.32. The molecule has 0 aliphatic heterocycles. The number of imidazole rings is 1. The standard InChI is InChI=1S/C14H7ClF4N2O/c15-9-3-7(14(17,18)19)4-10(16)13(9)22-8-1-2-11-12(5-8)21-6-20-11/h1-6H,(H,20,21). The van der Waals surface area contributed by atoms with Crippen molar-refractivity contribution >= 4 is 22.6 Å². The first kappa shape index (κ1) is 14.6. The lowest BCUT2D eigenvalue weighted by atomic mass is 10.2. The minimum Gasteiger partial charge on any atom is -0.453 e. The SMILES string of the molecule is Fc1cc(C(F)(F)F)cc(Cl)c1Oc1ccc2nc[nH]c2c1. The molecular formula is C14H7ClF4N2O. The van der Waals surface area contributed by atoms with Crippen molar-refractivity contribution in [1.82, 2.24) is 9.97 Å². The number of ether oxygens (including phenoxy) is 1. The summed E-state index contributed by atoms with van der Waals surface area (Å²) in [5, 5.41) is -0.461. The van der Waals surface area contributed by atoms with Gasteiger partial charge >= 0.3 is 6.18 Å². The van der Waals surface area contributed by atoms with Crippen LogP contribution in [-0.4, -0.2) is 9.97 Å². The fourth-order valence-electron chi connectivity index (χ4n) is 1.92. The average molecular weight is 331 g/mol. The third-order valence-electron chi connectivity index (χ3n) is 2.94. The predicted molar refractivity (Wildman–Crippen MR) is 72.6 cm³/mol. The molecule has 1 N–H and O–H groups in total. The molecule has 0 saturated heterocycles. The van der Waals surface area contributed by atoms with Gasteiger partial charge in [0.25, 0.3) is 0 Å². The molecule has 0 unspecified atom stereocenters. The number of benzene rings is 2. The average Bonchev–Trinajstić information content (AvgIpc) is 2.89. The maximum absolute atomic E-state index is 13.9. The molecule has 0 bridgehead atoms. The summed E-state index contributed by atoms with van der Waals surface area (Å²) < 4.78 is 56.8. The number of alkyl halides is 3. The Morgan fingerprint density at radius 2 is 1.91 bits per heavy atom. The molecule has 0 atom stereocenters. The normalized spacial score (nSPS) is 11.9. The number of hydrogen-bond donors (Lipinski definition) is 1. The Balaban J connectivity index is 1.98. The number of nitrogens with one attached hydrogen (secondary N) is 1. The van der Waals surface area contributed by atoms with E-state index in [0.29, 0.717) is 23.2 Å². The van der Waals surface area contributed by atoms with Crippen LogP contribution in [0.2, 0.25) is 5.02 Å². The second-order valence-electron chi connectivity index (χ2n) is 4.45. The van der Waals surface area contributed by atoms with E-state index in [9.17, 15) is 17.6 Å². The number of H-pyrrole nitrogens is 1. The number of rotatable bonds is 2. The van der Waals surface area contributed by atoms with Gasteiger partial charge in [-0.15, -0.1) is 0 Å². The molecule has 3 rings (SSSR count). The quantitative estimate of drug-likeness (QED) is 0.658. The topological polar surface area (TPSA) is 37.9 Å².